The zero-order chi connectivity index (χ0) is 19.7. The normalized spacial score (nSPS) is 10.8. The molecule has 0 spiro atoms. The van der Waals surface area contributed by atoms with E-state index in [1.165, 1.54) is 18.2 Å². The van der Waals surface area contributed by atoms with E-state index in [1.807, 2.05) is 6.07 Å². The van der Waals surface area contributed by atoms with Crippen LogP contribution >= 0.6 is 15.9 Å². The summed E-state index contributed by atoms with van der Waals surface area (Å²) < 4.78 is 6.53. The number of nitro groups is 1. The monoisotopic (exact) mass is 438 g/mol. The number of hydrogen-bond donors (Lipinski definition) is 1. The summed E-state index contributed by atoms with van der Waals surface area (Å²) in [6.45, 7) is 0. The molecule has 2 aromatic heterocycles. The summed E-state index contributed by atoms with van der Waals surface area (Å²) in [4.78, 5) is 31.5. The number of aromatic nitrogens is 2. The Morgan fingerprint density at radius 3 is 2.75 bits per heavy atom. The number of nitrogens with zero attached hydrogens (tertiary/aromatic N) is 3. The van der Waals surface area contributed by atoms with Crippen molar-refractivity contribution >= 4 is 44.3 Å². The van der Waals surface area contributed by atoms with Crippen molar-refractivity contribution in [3.05, 3.63) is 81.1 Å². The number of nitrogens with one attached hydrogen (secondary N) is 1. The third-order valence-corrected chi connectivity index (χ3v) is 4.38. The maximum Gasteiger partial charge on any atom is 0.282 e. The van der Waals surface area contributed by atoms with Gasteiger partial charge in [-0.25, -0.2) is 4.98 Å². The van der Waals surface area contributed by atoms with E-state index in [4.69, 9.17) is 4.42 Å². The van der Waals surface area contributed by atoms with E-state index < -0.39 is 10.8 Å². The van der Waals surface area contributed by atoms with Crippen LogP contribution in [0.15, 0.2) is 69.8 Å². The molecule has 0 saturated carbocycles. The third-order valence-electron chi connectivity index (χ3n) is 3.94. The first-order chi connectivity index (χ1) is 13.5. The number of benzene rings is 2. The summed E-state index contributed by atoms with van der Waals surface area (Å²) in [6.07, 6.45) is 3.29. The largest absolute Gasteiger partial charge is 0.436 e. The van der Waals surface area contributed by atoms with Crippen LogP contribution in [0.25, 0.3) is 22.6 Å². The summed E-state index contributed by atoms with van der Waals surface area (Å²) in [6, 6.07) is 12.6. The Balaban J connectivity index is 1.64. The van der Waals surface area contributed by atoms with Gasteiger partial charge in [0, 0.05) is 28.6 Å². The molecule has 0 unspecified atom stereocenters. The predicted molar refractivity (Wildman–Crippen MR) is 106 cm³/mol. The van der Waals surface area contributed by atoms with Crippen molar-refractivity contribution in [2.75, 3.05) is 5.32 Å². The van der Waals surface area contributed by atoms with Crippen molar-refractivity contribution in [3.8, 4) is 11.5 Å². The molecule has 0 bridgehead atoms. The number of halogens is 1. The summed E-state index contributed by atoms with van der Waals surface area (Å²) in [5.74, 6) is -0.183. The molecule has 4 rings (SSSR count). The lowest BCUT2D eigenvalue weighted by molar-refractivity contribution is -0.385. The quantitative estimate of drug-likeness (QED) is 0.361. The number of hydrogen-bond acceptors (Lipinski definition) is 6. The Morgan fingerprint density at radius 2 is 1.96 bits per heavy atom. The number of para-hydroxylation sites is 1. The zero-order valence-electron chi connectivity index (χ0n) is 14.1. The molecule has 0 aliphatic heterocycles. The molecule has 1 amide bonds. The Hall–Kier alpha value is -3.59. The van der Waals surface area contributed by atoms with Gasteiger partial charge in [0.15, 0.2) is 5.58 Å². The highest BCUT2D eigenvalue weighted by Gasteiger charge is 2.19. The molecule has 4 aromatic rings. The van der Waals surface area contributed by atoms with Crippen LogP contribution in [0.2, 0.25) is 0 Å². The molecular formula is C19H11BrN4O4. The highest BCUT2D eigenvalue weighted by atomic mass is 79.9. The molecule has 8 nitrogen and oxygen atoms in total. The molecular weight excluding hydrogens is 428 g/mol. The fourth-order valence-electron chi connectivity index (χ4n) is 2.68. The topological polar surface area (TPSA) is 111 Å². The minimum atomic E-state index is -0.589. The number of fused-ring (bicyclic) bond motifs is 1. The van der Waals surface area contributed by atoms with Crippen molar-refractivity contribution in [2.24, 2.45) is 0 Å². The highest BCUT2D eigenvalue weighted by Crippen LogP contribution is 2.28. The van der Waals surface area contributed by atoms with Crippen LogP contribution in [0.1, 0.15) is 10.4 Å². The van der Waals surface area contributed by atoms with Gasteiger partial charge in [-0.15, -0.1) is 0 Å². The Morgan fingerprint density at radius 1 is 1.14 bits per heavy atom. The molecule has 138 valence electrons. The number of carbonyl (C=O) groups excluding carboxylic acids is 1. The Labute approximate surface area is 166 Å². The van der Waals surface area contributed by atoms with E-state index in [1.54, 1.807) is 36.7 Å². The zero-order valence-corrected chi connectivity index (χ0v) is 15.7. The highest BCUT2D eigenvalue weighted by molar-refractivity contribution is 9.10. The maximum absolute atomic E-state index is 12.5. The van der Waals surface area contributed by atoms with Crippen molar-refractivity contribution in [2.45, 2.75) is 0 Å². The van der Waals surface area contributed by atoms with Gasteiger partial charge < -0.3 is 9.73 Å². The first-order valence-electron chi connectivity index (χ1n) is 8.07. The van der Waals surface area contributed by atoms with Gasteiger partial charge in [-0.2, -0.15) is 0 Å². The Kier molecular flexibility index (Phi) is 4.58. The lowest BCUT2D eigenvalue weighted by Gasteiger charge is -2.05. The van der Waals surface area contributed by atoms with E-state index in [2.05, 4.69) is 31.2 Å². The van der Waals surface area contributed by atoms with E-state index in [0.29, 0.717) is 28.2 Å². The molecule has 0 radical (unpaired) electrons. The SMILES string of the molecule is O=C(Nc1ccc2oc(-c3cncc(Br)c3)nc2c1)c1ccccc1[N+](=O)[O-]. The number of oxazole rings is 1. The van der Waals surface area contributed by atoms with Gasteiger partial charge in [-0.3, -0.25) is 19.9 Å². The summed E-state index contributed by atoms with van der Waals surface area (Å²) >= 11 is 3.35. The van der Waals surface area contributed by atoms with Gasteiger partial charge in [-0.1, -0.05) is 12.1 Å². The second-order valence-corrected chi connectivity index (χ2v) is 6.74. The smallest absolute Gasteiger partial charge is 0.282 e. The van der Waals surface area contributed by atoms with Crippen LogP contribution in [-0.2, 0) is 0 Å². The molecule has 2 heterocycles. The van der Waals surface area contributed by atoms with Crippen LogP contribution in [0.3, 0.4) is 0 Å². The number of nitro benzene ring substituents is 1. The molecule has 2 aromatic carbocycles. The van der Waals surface area contributed by atoms with E-state index in [0.717, 1.165) is 4.47 Å². The third kappa shape index (κ3) is 3.47. The summed E-state index contributed by atoms with van der Waals surface area (Å²) in [5, 5.41) is 13.8. The van der Waals surface area contributed by atoms with Gasteiger partial charge in [0.2, 0.25) is 5.89 Å². The van der Waals surface area contributed by atoms with E-state index in [9.17, 15) is 14.9 Å². The van der Waals surface area contributed by atoms with Crippen LogP contribution in [-0.4, -0.2) is 20.8 Å². The van der Waals surface area contributed by atoms with Crippen LogP contribution in [0.5, 0.6) is 0 Å². The number of anilines is 1. The fourth-order valence-corrected chi connectivity index (χ4v) is 3.05. The van der Waals surface area contributed by atoms with Gasteiger partial charge in [0.05, 0.1) is 10.5 Å². The second-order valence-electron chi connectivity index (χ2n) is 5.82. The molecule has 0 saturated heterocycles. The minimum Gasteiger partial charge on any atom is -0.436 e. The predicted octanol–water partition coefficient (Wildman–Crippen LogP) is 4.81. The molecule has 0 fully saturated rings. The van der Waals surface area contributed by atoms with Crippen LogP contribution in [0.4, 0.5) is 11.4 Å². The maximum atomic E-state index is 12.5. The average Bonchev–Trinajstić information content (AvgIpc) is 3.11. The molecule has 0 aliphatic rings. The number of rotatable bonds is 4. The molecule has 1 N–H and O–H groups in total. The average molecular weight is 439 g/mol. The molecule has 28 heavy (non-hydrogen) atoms. The van der Waals surface area contributed by atoms with Crippen molar-refractivity contribution in [1.29, 1.82) is 0 Å². The molecule has 0 aliphatic carbocycles. The summed E-state index contributed by atoms with van der Waals surface area (Å²) in [7, 11) is 0. The number of amides is 1. The fraction of sp³-hybridized carbons (Fsp3) is 0. The van der Waals surface area contributed by atoms with Crippen LogP contribution in [0, 0.1) is 10.1 Å². The van der Waals surface area contributed by atoms with Gasteiger partial charge >= 0.3 is 0 Å². The van der Waals surface area contributed by atoms with Gasteiger partial charge in [0.1, 0.15) is 11.1 Å². The lowest BCUT2D eigenvalue weighted by Crippen LogP contribution is -2.13. The molecule has 9 heteroatoms. The first-order valence-corrected chi connectivity index (χ1v) is 8.87. The van der Waals surface area contributed by atoms with Crippen molar-refractivity contribution < 1.29 is 14.1 Å². The van der Waals surface area contributed by atoms with E-state index in [-0.39, 0.29) is 11.3 Å². The van der Waals surface area contributed by atoms with Crippen LogP contribution < -0.4 is 5.32 Å². The van der Waals surface area contributed by atoms with Gasteiger partial charge in [0.25, 0.3) is 11.6 Å². The van der Waals surface area contributed by atoms with E-state index >= 15 is 0 Å². The molecule has 0 atom stereocenters. The van der Waals surface area contributed by atoms with Crippen molar-refractivity contribution in [3.63, 3.8) is 0 Å². The second kappa shape index (κ2) is 7.20. The lowest BCUT2D eigenvalue weighted by atomic mass is 10.1. The van der Waals surface area contributed by atoms with Gasteiger partial charge in [-0.05, 0) is 46.3 Å². The number of pyridine rings is 1. The minimum absolute atomic E-state index is 0.0198. The first kappa shape index (κ1) is 17.8. The number of carbonyl (C=O) groups is 1. The summed E-state index contributed by atoms with van der Waals surface area (Å²) in [5.41, 5.74) is 1.95. The standard InChI is InChI=1S/C19H11BrN4O4/c20-12-7-11(9-21-10-12)19-23-15-8-13(5-6-17(15)28-19)22-18(25)14-3-1-2-4-16(14)24(26)27/h1-10H,(H,22,25). The Bertz CT molecular complexity index is 1220. The van der Waals surface area contributed by atoms with Crippen molar-refractivity contribution in [1.82, 2.24) is 9.97 Å².